The van der Waals surface area contributed by atoms with Crippen LogP contribution < -0.4 is 69.9 Å². The van der Waals surface area contributed by atoms with Crippen LogP contribution in [0.1, 0.15) is 94.8 Å². The number of esters is 7. The highest BCUT2D eigenvalue weighted by Crippen LogP contribution is 2.50. The number of aliphatic hydroxyl groups is 1. The maximum absolute atomic E-state index is 15.0. The van der Waals surface area contributed by atoms with E-state index in [1.165, 1.54) is 48.5 Å². The lowest BCUT2D eigenvalue weighted by Gasteiger charge is -2.20. The fourth-order valence-electron chi connectivity index (χ4n) is 14.2. The van der Waals surface area contributed by atoms with E-state index in [1.54, 1.807) is 362 Å². The summed E-state index contributed by atoms with van der Waals surface area (Å²) in [5.41, 5.74) is 1.32. The van der Waals surface area contributed by atoms with Crippen LogP contribution in [0.2, 0.25) is 0 Å². The van der Waals surface area contributed by atoms with Gasteiger partial charge in [0.1, 0.15) is 95.3 Å². The first-order valence-electron chi connectivity index (χ1n) is 40.0. The van der Waals surface area contributed by atoms with Crippen molar-refractivity contribution in [1.82, 2.24) is 4.90 Å². The van der Waals surface area contributed by atoms with Gasteiger partial charge in [0.05, 0.1) is 112 Å². The Kier molecular flexibility index (Phi) is 22.9. The third-order valence-corrected chi connectivity index (χ3v) is 20.9. The molecule has 28 nitrogen and oxygen atoms in total. The van der Waals surface area contributed by atoms with Crippen molar-refractivity contribution < 1.29 is 109 Å². The number of hydrogen-bond donors (Lipinski definition) is 1. The van der Waals surface area contributed by atoms with Crippen LogP contribution in [0.15, 0.2) is 372 Å². The number of rotatable bonds is 20. The summed E-state index contributed by atoms with van der Waals surface area (Å²) in [6.45, 7) is 0. The molecule has 28 heteroatoms. The van der Waals surface area contributed by atoms with Gasteiger partial charge in [0.15, 0.2) is 86.8 Å². The molecule has 0 spiro atoms. The lowest BCUT2D eigenvalue weighted by Crippen LogP contribution is -2.27. The molecule has 0 fully saturated rings. The molecule has 6 aliphatic heterocycles. The normalized spacial score (nSPS) is 14.0. The van der Waals surface area contributed by atoms with E-state index in [1.807, 2.05) is 0 Å². The number of benzene rings is 4. The van der Waals surface area contributed by atoms with Crippen molar-refractivity contribution >= 4 is 86.9 Å². The van der Waals surface area contributed by atoms with Crippen LogP contribution in [0.4, 0.5) is 0 Å². The Balaban J connectivity index is 1.00. The second-order valence-electron chi connectivity index (χ2n) is 30.0. The largest absolute Gasteiger partial charge is 0.480 e. The molecule has 7 aromatic heterocycles. The van der Waals surface area contributed by atoms with Gasteiger partial charge >= 0.3 is 41.8 Å². The fourth-order valence-corrected chi connectivity index (χ4v) is 14.2. The molecule has 128 heavy (non-hydrogen) atoms. The van der Waals surface area contributed by atoms with E-state index >= 15 is 24.0 Å². The molecule has 6 aliphatic rings. The molecule has 626 valence electrons. The molecule has 13 heterocycles. The van der Waals surface area contributed by atoms with Crippen molar-refractivity contribution in [3.05, 3.63) is 413 Å². The summed E-state index contributed by atoms with van der Waals surface area (Å²) in [5.74, 6) is -7.68. The fraction of sp³-hybridized carbons (Fsp3) is 0.0800. The number of nitrogens with zero attached hydrogens (tertiary/aromatic N) is 12. The molecule has 0 amide bonds. The van der Waals surface area contributed by atoms with E-state index in [2.05, 4.69) is 0 Å². The molecule has 0 saturated carbocycles. The zero-order chi connectivity index (χ0) is 89.0. The van der Waals surface area contributed by atoms with Crippen LogP contribution in [-0.4, -0.2) is 81.7 Å². The highest BCUT2D eigenvalue weighted by atomic mass is 16.6. The van der Waals surface area contributed by atoms with E-state index in [0.717, 1.165) is 0 Å². The van der Waals surface area contributed by atoms with Gasteiger partial charge in [0.2, 0.25) is 0 Å². The van der Waals surface area contributed by atoms with E-state index in [4.69, 9.17) is 57.9 Å². The molecule has 0 radical (unpaired) electrons. The molecule has 0 unspecified atom stereocenters. The zero-order valence-corrected chi connectivity index (χ0v) is 70.0. The Labute approximate surface area is 732 Å². The molecule has 1 N–H and O–H groups in total. The number of allylic oxidation sites excluding steroid dienone is 15. The van der Waals surface area contributed by atoms with Crippen molar-refractivity contribution in [3.63, 3.8) is 0 Å². The van der Waals surface area contributed by atoms with Gasteiger partial charge in [0, 0.05) is 127 Å². The lowest BCUT2D eigenvalue weighted by atomic mass is 9.96. The summed E-state index contributed by atoms with van der Waals surface area (Å²) >= 11 is 0. The molecule has 11 aromatic rings. The van der Waals surface area contributed by atoms with Crippen LogP contribution in [0.25, 0.3) is 22.3 Å². The predicted octanol–water partition coefficient (Wildman–Crippen LogP) is 11.1. The summed E-state index contributed by atoms with van der Waals surface area (Å²) < 4.78 is 64.8. The van der Waals surface area contributed by atoms with Crippen LogP contribution in [0.5, 0.6) is 46.0 Å². The second-order valence-corrected chi connectivity index (χ2v) is 30.0. The molecular formula is C100H77N12O16+7. The molecule has 4 aromatic carbocycles. The number of fused-ring (bicyclic) bond motifs is 4. The monoisotopic (exact) mass is 1700 g/mol. The van der Waals surface area contributed by atoms with Crippen molar-refractivity contribution in [2.75, 3.05) is 7.05 Å². The van der Waals surface area contributed by atoms with Gasteiger partial charge in [-0.25, -0.2) is 85.5 Å². The topological polar surface area (TPSA) is 293 Å². The quantitative estimate of drug-likeness (QED) is 0.0321. The van der Waals surface area contributed by atoms with Gasteiger partial charge in [-0.1, -0.05) is 24.3 Å². The SMILES string of the molecule is CN1C=CC(=C(O)Oc2cccc(OC(=O)c3cc[n+](C)cc3)c2C2=C3C=CC(=N3)C(c3c(OC(=O)c4cc[n+](C)cc4)cccc3OC(=O)c3cc[n+](C)cc3)=C3C=CC(=N3)C(c3c(OC(=O)c4cc[n+](C)cc4)cccc3OC(=O)c3cc[n+](C)cc3)=C3C=CC(=N3)C(c3c(OC(=O)c4cc[n+](C)cc4)cccc3OC(=O)c3cc[n+](C)cc3)=C3C=CC2=N3)C=C1. The Bertz CT molecular complexity index is 6620. The summed E-state index contributed by atoms with van der Waals surface area (Å²) in [4.78, 5) is 129. The maximum Gasteiger partial charge on any atom is 0.344 e. The van der Waals surface area contributed by atoms with Crippen LogP contribution in [0.3, 0.4) is 0 Å². The van der Waals surface area contributed by atoms with Gasteiger partial charge in [-0.3, -0.25) is 0 Å². The third-order valence-electron chi connectivity index (χ3n) is 20.9. The Morgan fingerprint density at radius 2 is 0.422 bits per heavy atom. The average Bonchev–Trinajstić information content (AvgIpc) is 1.58. The minimum atomic E-state index is -0.833. The summed E-state index contributed by atoms with van der Waals surface area (Å²) in [7, 11) is 14.3. The first-order valence-corrected chi connectivity index (χ1v) is 40.0. The number of aryl methyl sites for hydroxylation is 7. The second kappa shape index (κ2) is 35.5. The van der Waals surface area contributed by atoms with E-state index < -0.39 is 47.7 Å². The summed E-state index contributed by atoms with van der Waals surface area (Å²) in [5, 5.41) is 12.4. The smallest absolute Gasteiger partial charge is 0.344 e. The average molecular weight is 1700 g/mol. The minimum Gasteiger partial charge on any atom is -0.480 e. The Morgan fingerprint density at radius 3 is 0.602 bits per heavy atom. The predicted molar refractivity (Wildman–Crippen MR) is 464 cm³/mol. The standard InChI is InChI=1S/C100H76N12O16/c1-105-45-29-61(30-46-105)93(113)121-77-13-9-14-78(122-94(114)62-31-47-106(2)48-32-62)89(77)85-69-21-23-71(101-69)86(90-79(123-95(115)63-33-49-107(3)50-34-63)15-10-16-80(90)124-96(116)64-35-51-108(4)52-36-64)73-25-27-75(103-73)88(92-83(127-99(119)67-41-57-111(7)58-42-67)19-12-20-84(92)128-100(120)68-43-59-112(8)60-44-68)76-28-26-74(104-76)87(72-24-22-70(85)102-72)91-81(125-97(117)65-37-53-109(5)54-38-65)17-11-18-82(91)126-98(118)66-39-55-110(6)56-40-66/h9-60H,1-8H3/q+6/p+1. The van der Waals surface area contributed by atoms with E-state index in [0.29, 0.717) is 0 Å². The minimum absolute atomic E-state index is 0.0227. The van der Waals surface area contributed by atoms with Crippen LogP contribution in [-0.2, 0) is 49.3 Å². The van der Waals surface area contributed by atoms with Crippen molar-refractivity contribution in [3.8, 4) is 46.0 Å². The van der Waals surface area contributed by atoms with Gasteiger partial charge in [-0.2, -0.15) is 0 Å². The lowest BCUT2D eigenvalue weighted by molar-refractivity contribution is -0.671. The highest BCUT2D eigenvalue weighted by Gasteiger charge is 2.38. The van der Waals surface area contributed by atoms with E-state index in [9.17, 15) is 14.7 Å². The molecular weight excluding hydrogens is 1630 g/mol. The van der Waals surface area contributed by atoms with Crippen LogP contribution >= 0.6 is 0 Å². The number of hydrogen-bond acceptors (Lipinski definition) is 21. The third kappa shape index (κ3) is 17.6. The molecule has 0 aliphatic carbocycles. The summed E-state index contributed by atoms with van der Waals surface area (Å²) in [6.07, 6.45) is 43.1. The molecule has 17 rings (SSSR count). The van der Waals surface area contributed by atoms with Crippen molar-refractivity contribution in [1.29, 1.82) is 0 Å². The van der Waals surface area contributed by atoms with Gasteiger partial charge in [-0.15, -0.1) is 0 Å². The number of aliphatic hydroxyl groups excluding tert-OH is 1. The number of carbonyl (C=O) groups is 7. The molecule has 0 saturated heterocycles. The first-order chi connectivity index (χ1) is 62.0. The van der Waals surface area contributed by atoms with Gasteiger partial charge < -0.3 is 47.9 Å². The Morgan fingerprint density at radius 1 is 0.250 bits per heavy atom. The molecule has 8 bridgehead atoms. The number of aliphatic imine (C=N–C) groups is 4. The van der Waals surface area contributed by atoms with E-state index in [-0.39, 0.29) is 181 Å². The van der Waals surface area contributed by atoms with Crippen molar-refractivity contribution in [2.45, 2.75) is 0 Å². The van der Waals surface area contributed by atoms with Crippen molar-refractivity contribution in [2.24, 2.45) is 69.3 Å². The van der Waals surface area contributed by atoms with Gasteiger partial charge in [0.25, 0.3) is 5.95 Å². The number of carbonyl (C=O) groups excluding carboxylic acids is 7. The number of aromatic nitrogens is 7. The number of ether oxygens (including phenoxy) is 8. The Hall–Kier alpha value is -17.6. The number of pyridine rings is 7. The first kappa shape index (κ1) is 82.7. The zero-order valence-electron chi connectivity index (χ0n) is 70.0. The van der Waals surface area contributed by atoms with Gasteiger partial charge in [-0.05, 0) is 109 Å². The maximum atomic E-state index is 15.0. The van der Waals surface area contributed by atoms with Crippen LogP contribution in [0, 0.1) is 0 Å². The summed E-state index contributed by atoms with van der Waals surface area (Å²) in [6, 6.07) is 40.3. The highest BCUT2D eigenvalue weighted by molar-refractivity contribution is 6.41. The molecule has 0 atom stereocenters.